The fraction of sp³-hybridized carbons (Fsp3) is 0.632. The lowest BCUT2D eigenvalue weighted by molar-refractivity contribution is -0.293. The summed E-state index contributed by atoms with van der Waals surface area (Å²) in [6.07, 6.45) is 55.9. The molecule has 1 aliphatic carbocycles. The van der Waals surface area contributed by atoms with Crippen LogP contribution in [-0.2, 0) is 52.7 Å². The summed E-state index contributed by atoms with van der Waals surface area (Å²) in [7, 11) is 0. The zero-order valence-electron chi connectivity index (χ0n) is 79.5. The van der Waals surface area contributed by atoms with Gasteiger partial charge in [-0.3, -0.25) is 14.4 Å². The summed E-state index contributed by atoms with van der Waals surface area (Å²) in [5.41, 5.74) is -7.97. The Labute approximate surface area is 763 Å². The third-order valence-electron chi connectivity index (χ3n) is 26.9. The highest BCUT2D eigenvalue weighted by atomic mass is 16.7. The van der Waals surface area contributed by atoms with Gasteiger partial charge in [-0.25, -0.2) is 14.4 Å². The van der Waals surface area contributed by atoms with Gasteiger partial charge in [0.2, 0.25) is 17.3 Å². The number of aliphatic hydroxyl groups is 3. The fourth-order valence-electron chi connectivity index (χ4n) is 18.8. The van der Waals surface area contributed by atoms with Crippen LogP contribution in [0.3, 0.4) is 0 Å². The molecule has 1 fully saturated rings. The smallest absolute Gasteiger partial charge is 0.339 e. The number of esters is 3. The van der Waals surface area contributed by atoms with Crippen LogP contribution in [0.1, 0.15) is 484 Å². The molecule has 0 radical (unpaired) electrons. The number of unbranched alkanes of at least 4 members (excludes halogenated alkanes) is 48. The molecule has 1 saturated carbocycles. The Bertz CT molecular complexity index is 3760. The molecule has 0 saturated heterocycles. The van der Waals surface area contributed by atoms with Crippen LogP contribution in [0.25, 0.3) is 0 Å². The maximum absolute atomic E-state index is 18.2. The predicted molar refractivity (Wildman–Crippen MR) is 520 cm³/mol. The first-order valence-corrected chi connectivity index (χ1v) is 51.5. The molecule has 0 spiro atoms. The first kappa shape index (κ1) is 106. The van der Waals surface area contributed by atoms with E-state index in [2.05, 4.69) is 41.5 Å². The highest BCUT2D eigenvalue weighted by Gasteiger charge is 2.88. The van der Waals surface area contributed by atoms with E-state index in [1.165, 1.54) is 265 Å². The van der Waals surface area contributed by atoms with Gasteiger partial charge in [0, 0.05) is 16.7 Å². The molecule has 6 atom stereocenters. The number of Topliss-reactive ketones (excluding diaryl/α,β-unsaturated/α-hetero) is 3. The summed E-state index contributed by atoms with van der Waals surface area (Å²) in [5.74, 6) is -8.26. The van der Waals surface area contributed by atoms with Crippen LogP contribution in [0.5, 0.6) is 0 Å². The van der Waals surface area contributed by atoms with Crippen molar-refractivity contribution in [3.05, 3.63) is 212 Å². The van der Waals surface area contributed by atoms with E-state index in [0.717, 1.165) is 187 Å². The maximum atomic E-state index is 18.2. The summed E-state index contributed by atoms with van der Waals surface area (Å²) in [6.45, 7) is 13.3. The molecule has 696 valence electrons. The van der Waals surface area contributed by atoms with Gasteiger partial charge >= 0.3 is 17.9 Å². The summed E-state index contributed by atoms with van der Waals surface area (Å²) in [5, 5.41) is 41.7. The molecule has 0 amide bonds. The normalized spacial score (nSPS) is 17.5. The lowest BCUT2D eigenvalue weighted by Crippen LogP contribution is -2.91. The monoisotopic (exact) mass is 1730 g/mol. The SMILES string of the molecule is CCCCCCCCCCCc1ccc(C(=O)O[C@@]2(C(=O)c3ccc(CCCCCCCCCCC)cc3)[C@@](OC(=O)c3ccc(CCCCCCCCCCC)cc3)(C(=O)c3ccc(CCCCCCCCCCC)cc3)[C@@H](O)[C@H](O)[C@@H](O)[C@@]2(OC(=O)c2ccc(CCCCCCCCCCC)cc2)C(=O)c2ccc(CCCCCCCCCCC)cc2)cc1. The minimum atomic E-state index is -4.03. The molecule has 126 heavy (non-hydrogen) atoms. The van der Waals surface area contributed by atoms with Crippen LogP contribution in [0.15, 0.2) is 146 Å². The lowest BCUT2D eigenvalue weighted by Gasteiger charge is -2.60. The van der Waals surface area contributed by atoms with Crippen LogP contribution in [0, 0.1) is 0 Å². The molecule has 12 nitrogen and oxygen atoms in total. The van der Waals surface area contributed by atoms with Gasteiger partial charge in [0.15, 0.2) is 0 Å². The van der Waals surface area contributed by atoms with Gasteiger partial charge in [-0.05, 0) is 147 Å². The number of ether oxygens (including phenoxy) is 3. The lowest BCUT2D eigenvalue weighted by atomic mass is 9.52. The first-order valence-electron chi connectivity index (χ1n) is 51.5. The van der Waals surface area contributed by atoms with Crippen molar-refractivity contribution < 1.29 is 58.3 Å². The molecule has 0 aromatic heterocycles. The van der Waals surface area contributed by atoms with Gasteiger partial charge in [0.1, 0.15) is 18.3 Å². The number of aliphatic hydroxyl groups excluding tert-OH is 3. The second kappa shape index (κ2) is 62.0. The molecule has 0 unspecified atom stereocenters. The van der Waals surface area contributed by atoms with Crippen LogP contribution < -0.4 is 0 Å². The van der Waals surface area contributed by atoms with Crippen molar-refractivity contribution in [1.82, 2.24) is 0 Å². The molecular formula is C114H168O12. The third-order valence-corrected chi connectivity index (χ3v) is 26.9. The minimum Gasteiger partial charge on any atom is -0.439 e. The third kappa shape index (κ3) is 34.2. The maximum Gasteiger partial charge on any atom is 0.339 e. The van der Waals surface area contributed by atoms with Crippen LogP contribution in [0.2, 0.25) is 0 Å². The quantitative estimate of drug-likeness (QED) is 0.0142. The van der Waals surface area contributed by atoms with Crippen molar-refractivity contribution in [3.63, 3.8) is 0 Å². The van der Waals surface area contributed by atoms with E-state index in [0.29, 0.717) is 38.5 Å². The second-order valence-corrected chi connectivity index (χ2v) is 37.3. The predicted octanol–water partition coefficient (Wildman–Crippen LogP) is 30.0. The minimum absolute atomic E-state index is 0.169. The Balaban J connectivity index is 1.49. The Morgan fingerprint density at radius 1 is 0.206 bits per heavy atom. The summed E-state index contributed by atoms with van der Waals surface area (Å²) in [4.78, 5) is 103. The Hall–Kier alpha value is -7.38. The van der Waals surface area contributed by atoms with E-state index >= 15 is 28.8 Å². The number of hydrogen-bond donors (Lipinski definition) is 3. The Morgan fingerprint density at radius 2 is 0.357 bits per heavy atom. The van der Waals surface area contributed by atoms with Crippen molar-refractivity contribution in [1.29, 1.82) is 0 Å². The second-order valence-electron chi connectivity index (χ2n) is 37.3. The highest BCUT2D eigenvalue weighted by molar-refractivity contribution is 6.21. The molecule has 0 heterocycles. The summed E-state index contributed by atoms with van der Waals surface area (Å²) in [6, 6.07) is 39.1. The van der Waals surface area contributed by atoms with Gasteiger partial charge in [0.05, 0.1) is 16.7 Å². The molecule has 6 aromatic carbocycles. The number of rotatable bonds is 72. The van der Waals surface area contributed by atoms with Crippen LogP contribution in [-0.4, -0.2) is 85.7 Å². The van der Waals surface area contributed by atoms with E-state index < -0.39 is 70.4 Å². The summed E-state index contributed by atoms with van der Waals surface area (Å²) < 4.78 is 21.2. The van der Waals surface area contributed by atoms with E-state index in [1.54, 1.807) is 72.8 Å². The van der Waals surface area contributed by atoms with Gasteiger partial charge in [-0.2, -0.15) is 0 Å². The van der Waals surface area contributed by atoms with E-state index in [9.17, 15) is 15.3 Å². The molecule has 3 N–H and O–H groups in total. The molecule has 6 aromatic rings. The zero-order chi connectivity index (χ0) is 90.1. The number of aryl methyl sites for hydroxylation is 6. The Morgan fingerprint density at radius 3 is 0.540 bits per heavy atom. The van der Waals surface area contributed by atoms with Crippen molar-refractivity contribution in [3.8, 4) is 0 Å². The van der Waals surface area contributed by atoms with Gasteiger partial charge in [-0.1, -0.05) is 459 Å². The molecule has 0 aliphatic heterocycles. The number of carbonyl (C=O) groups excluding carboxylic acids is 6. The zero-order valence-corrected chi connectivity index (χ0v) is 79.5. The number of hydrogen-bond acceptors (Lipinski definition) is 12. The fourth-order valence-corrected chi connectivity index (χ4v) is 18.8. The van der Waals surface area contributed by atoms with Crippen molar-refractivity contribution in [2.75, 3.05) is 0 Å². The van der Waals surface area contributed by atoms with Crippen molar-refractivity contribution in [2.24, 2.45) is 0 Å². The number of carbonyl (C=O) groups is 6. The number of benzene rings is 6. The van der Waals surface area contributed by atoms with E-state index in [1.807, 2.05) is 0 Å². The van der Waals surface area contributed by atoms with Crippen molar-refractivity contribution >= 4 is 35.3 Å². The van der Waals surface area contributed by atoms with E-state index in [4.69, 9.17) is 14.2 Å². The standard InChI is InChI=1S/C114H168O12/c1-7-13-19-25-31-37-43-49-55-61-91-67-79-97(80-68-91)104(116)112(124-109(121)100-85-73-94(74-86-100)64-58-52-46-40-34-28-22-16-10-4)107(119)103(115)108(120)113(105(117)98-81-69-92(70-82-98)62-56-50-44-38-32-26-20-14-8-2,125-110(122)101-87-75-95(76-88-101)65-59-53-47-41-35-29-23-17-11-5)114(112,106(118)99-83-71-93(72-84-99)63-57-51-45-39-33-27-21-15-9-3)126-111(123)102-89-77-96(78-90-102)66-60-54-48-42-36-30-24-18-12-6/h67-90,103,107-108,115,119-120H,7-66H2,1-6H3/t103-,107-,108+,112+,113-,114-. The largest absolute Gasteiger partial charge is 0.439 e. The van der Waals surface area contributed by atoms with Crippen molar-refractivity contribution in [2.45, 2.75) is 462 Å². The van der Waals surface area contributed by atoms with Gasteiger partial charge in [-0.15, -0.1) is 0 Å². The Kier molecular flexibility index (Phi) is 52.0. The molecule has 0 bridgehead atoms. The highest BCUT2D eigenvalue weighted by Crippen LogP contribution is 2.56. The van der Waals surface area contributed by atoms with Gasteiger partial charge < -0.3 is 29.5 Å². The van der Waals surface area contributed by atoms with Gasteiger partial charge in [0.25, 0.3) is 16.8 Å². The summed E-state index contributed by atoms with van der Waals surface area (Å²) >= 11 is 0. The average Bonchev–Trinajstić information content (AvgIpc) is 0.657. The molecule has 1 aliphatic rings. The van der Waals surface area contributed by atoms with E-state index in [-0.39, 0.29) is 33.4 Å². The molecule has 7 rings (SSSR count). The van der Waals surface area contributed by atoms with Crippen LogP contribution in [0.4, 0.5) is 0 Å². The molecule has 12 heteroatoms. The molecular weight excluding hydrogens is 1560 g/mol. The van der Waals surface area contributed by atoms with Crippen LogP contribution >= 0.6 is 0 Å². The first-order chi connectivity index (χ1) is 61.6. The average molecular weight is 1730 g/mol. The number of ketones is 3. The topological polar surface area (TPSA) is 191 Å².